The largest absolute Gasteiger partial charge is 0.481 e. The van der Waals surface area contributed by atoms with Crippen LogP contribution >= 0.6 is 0 Å². The minimum absolute atomic E-state index is 0.833. The maximum Gasteiger partial charge on any atom is 0.300 e. The standard InChI is InChI=1S/C10H19N.C2H4O2/c1-3-7-11(8-4-2)9-10-5-6-10;1-2(3)4/h5H,3-4,6-9H2,1-2H3;1H3,(H,3,4). The van der Waals surface area contributed by atoms with Crippen LogP contribution in [0.2, 0.25) is 0 Å². The maximum atomic E-state index is 9.00. The summed E-state index contributed by atoms with van der Waals surface area (Å²) in [6.07, 6.45) is 6.18. The Morgan fingerprint density at radius 3 is 2.07 bits per heavy atom. The van der Waals surface area contributed by atoms with E-state index in [1.165, 1.54) is 38.9 Å². The molecule has 0 heterocycles. The maximum absolute atomic E-state index is 9.00. The van der Waals surface area contributed by atoms with E-state index < -0.39 is 5.97 Å². The smallest absolute Gasteiger partial charge is 0.300 e. The highest BCUT2D eigenvalue weighted by Gasteiger charge is 2.11. The molecule has 15 heavy (non-hydrogen) atoms. The fourth-order valence-electron chi connectivity index (χ4n) is 1.39. The summed E-state index contributed by atoms with van der Waals surface area (Å²) in [5.41, 5.74) is 1.65. The molecule has 0 saturated carbocycles. The van der Waals surface area contributed by atoms with Crippen LogP contribution in [0.25, 0.3) is 0 Å². The van der Waals surface area contributed by atoms with Gasteiger partial charge >= 0.3 is 0 Å². The van der Waals surface area contributed by atoms with Gasteiger partial charge in [-0.25, -0.2) is 0 Å². The highest BCUT2D eigenvalue weighted by atomic mass is 16.4. The number of carboxylic acids is 1. The Bertz CT molecular complexity index is 202. The molecule has 0 amide bonds. The molecule has 0 unspecified atom stereocenters. The van der Waals surface area contributed by atoms with Crippen LogP contribution in [0.5, 0.6) is 0 Å². The Kier molecular flexibility index (Phi) is 8.01. The molecule has 0 bridgehead atoms. The third kappa shape index (κ3) is 11.1. The zero-order valence-electron chi connectivity index (χ0n) is 10.1. The molecular weight excluding hydrogens is 190 g/mol. The third-order valence-electron chi connectivity index (χ3n) is 2.00. The van der Waals surface area contributed by atoms with E-state index in [4.69, 9.17) is 9.90 Å². The van der Waals surface area contributed by atoms with Gasteiger partial charge in [0.1, 0.15) is 0 Å². The van der Waals surface area contributed by atoms with Gasteiger partial charge in [0.15, 0.2) is 0 Å². The van der Waals surface area contributed by atoms with Gasteiger partial charge in [-0.2, -0.15) is 0 Å². The Labute approximate surface area is 92.8 Å². The fraction of sp³-hybridized carbons (Fsp3) is 0.750. The van der Waals surface area contributed by atoms with E-state index in [1.807, 2.05) is 0 Å². The minimum Gasteiger partial charge on any atom is -0.481 e. The van der Waals surface area contributed by atoms with Crippen molar-refractivity contribution in [3.05, 3.63) is 11.6 Å². The van der Waals surface area contributed by atoms with Crippen molar-refractivity contribution in [3.63, 3.8) is 0 Å². The summed E-state index contributed by atoms with van der Waals surface area (Å²) >= 11 is 0. The van der Waals surface area contributed by atoms with Crippen LogP contribution < -0.4 is 0 Å². The molecule has 0 atom stereocenters. The average molecular weight is 213 g/mol. The van der Waals surface area contributed by atoms with E-state index in [0.717, 1.165) is 6.92 Å². The van der Waals surface area contributed by atoms with E-state index in [2.05, 4.69) is 24.8 Å². The second kappa shape index (κ2) is 8.48. The van der Waals surface area contributed by atoms with E-state index >= 15 is 0 Å². The SMILES string of the molecule is CC(=O)O.CCCN(CCC)CC1=CC1. The molecule has 1 rings (SSSR count). The molecule has 88 valence electrons. The van der Waals surface area contributed by atoms with Gasteiger partial charge in [-0.05, 0) is 32.4 Å². The molecule has 0 aliphatic heterocycles. The summed E-state index contributed by atoms with van der Waals surface area (Å²) in [6, 6.07) is 0. The Morgan fingerprint density at radius 2 is 1.80 bits per heavy atom. The number of carboxylic acid groups (broad SMARTS) is 1. The predicted octanol–water partition coefficient (Wildman–Crippen LogP) is 2.53. The van der Waals surface area contributed by atoms with Gasteiger partial charge in [0.2, 0.25) is 0 Å². The first-order valence-corrected chi connectivity index (χ1v) is 5.69. The zero-order valence-corrected chi connectivity index (χ0v) is 10.1. The van der Waals surface area contributed by atoms with Crippen molar-refractivity contribution in [3.8, 4) is 0 Å². The first-order valence-electron chi connectivity index (χ1n) is 5.69. The summed E-state index contributed by atoms with van der Waals surface area (Å²) in [7, 11) is 0. The van der Waals surface area contributed by atoms with E-state index in [0.29, 0.717) is 0 Å². The lowest BCUT2D eigenvalue weighted by Crippen LogP contribution is -2.26. The molecule has 0 fully saturated rings. The molecule has 0 saturated heterocycles. The van der Waals surface area contributed by atoms with Crippen molar-refractivity contribution in [2.24, 2.45) is 0 Å². The lowest BCUT2D eigenvalue weighted by molar-refractivity contribution is -0.134. The molecule has 3 nitrogen and oxygen atoms in total. The molecule has 0 aromatic carbocycles. The summed E-state index contributed by atoms with van der Waals surface area (Å²) in [4.78, 5) is 11.6. The van der Waals surface area contributed by atoms with Crippen molar-refractivity contribution >= 4 is 5.97 Å². The monoisotopic (exact) mass is 213 g/mol. The minimum atomic E-state index is -0.833. The molecule has 0 aromatic heterocycles. The topological polar surface area (TPSA) is 40.5 Å². The van der Waals surface area contributed by atoms with Crippen molar-refractivity contribution in [2.45, 2.75) is 40.0 Å². The number of hydrogen-bond acceptors (Lipinski definition) is 2. The Balaban J connectivity index is 0.000000423. The number of aliphatic carboxylic acids is 1. The Hall–Kier alpha value is -0.830. The molecule has 0 aromatic rings. The molecule has 1 N–H and O–H groups in total. The highest BCUT2D eigenvalue weighted by Crippen LogP contribution is 2.19. The van der Waals surface area contributed by atoms with E-state index in [1.54, 1.807) is 5.57 Å². The number of rotatable bonds is 6. The normalized spacial score (nSPS) is 12.9. The molecule has 1 aliphatic rings. The quantitative estimate of drug-likeness (QED) is 0.689. The van der Waals surface area contributed by atoms with Crippen LogP contribution in [0.15, 0.2) is 11.6 Å². The second-order valence-corrected chi connectivity index (χ2v) is 3.86. The average Bonchev–Trinajstić information content (AvgIpc) is 2.88. The highest BCUT2D eigenvalue weighted by molar-refractivity contribution is 5.62. The molecule has 1 aliphatic carbocycles. The molecular formula is C12H23NO2. The summed E-state index contributed by atoms with van der Waals surface area (Å²) in [5.74, 6) is -0.833. The van der Waals surface area contributed by atoms with Crippen molar-refractivity contribution < 1.29 is 9.90 Å². The van der Waals surface area contributed by atoms with Gasteiger partial charge < -0.3 is 5.11 Å². The number of carbonyl (C=O) groups is 1. The first-order chi connectivity index (χ1) is 7.10. The first kappa shape index (κ1) is 14.2. The predicted molar refractivity (Wildman–Crippen MR) is 63.0 cm³/mol. The second-order valence-electron chi connectivity index (χ2n) is 3.86. The summed E-state index contributed by atoms with van der Waals surface area (Å²) in [6.45, 7) is 9.37. The summed E-state index contributed by atoms with van der Waals surface area (Å²) < 4.78 is 0. The fourth-order valence-corrected chi connectivity index (χ4v) is 1.39. The van der Waals surface area contributed by atoms with Crippen LogP contribution in [-0.4, -0.2) is 35.6 Å². The zero-order chi connectivity index (χ0) is 11.7. The lowest BCUT2D eigenvalue weighted by Gasteiger charge is -2.19. The van der Waals surface area contributed by atoms with Crippen LogP contribution in [0.4, 0.5) is 0 Å². The van der Waals surface area contributed by atoms with Crippen molar-refractivity contribution in [2.75, 3.05) is 19.6 Å². The number of nitrogens with zero attached hydrogens (tertiary/aromatic N) is 1. The molecule has 0 spiro atoms. The van der Waals surface area contributed by atoms with Gasteiger partial charge in [-0.3, -0.25) is 9.69 Å². The Morgan fingerprint density at radius 1 is 1.40 bits per heavy atom. The third-order valence-corrected chi connectivity index (χ3v) is 2.00. The van der Waals surface area contributed by atoms with Crippen LogP contribution in [0.3, 0.4) is 0 Å². The molecule has 3 heteroatoms. The summed E-state index contributed by atoms with van der Waals surface area (Å²) in [5, 5.41) is 7.42. The van der Waals surface area contributed by atoms with Gasteiger partial charge in [0, 0.05) is 13.5 Å². The van der Waals surface area contributed by atoms with Crippen molar-refractivity contribution in [1.29, 1.82) is 0 Å². The van der Waals surface area contributed by atoms with Crippen LogP contribution in [0, 0.1) is 0 Å². The van der Waals surface area contributed by atoms with Gasteiger partial charge in [0.25, 0.3) is 5.97 Å². The van der Waals surface area contributed by atoms with Gasteiger partial charge in [-0.1, -0.05) is 25.5 Å². The van der Waals surface area contributed by atoms with Gasteiger partial charge in [0.05, 0.1) is 0 Å². The number of hydrogen-bond donors (Lipinski definition) is 1. The van der Waals surface area contributed by atoms with Crippen LogP contribution in [-0.2, 0) is 4.79 Å². The lowest BCUT2D eigenvalue weighted by atomic mass is 10.3. The van der Waals surface area contributed by atoms with E-state index in [9.17, 15) is 0 Å². The van der Waals surface area contributed by atoms with E-state index in [-0.39, 0.29) is 0 Å². The molecule has 0 radical (unpaired) electrons. The number of allylic oxidation sites excluding steroid dienone is 1. The van der Waals surface area contributed by atoms with Crippen LogP contribution in [0.1, 0.15) is 40.0 Å². The van der Waals surface area contributed by atoms with Gasteiger partial charge in [-0.15, -0.1) is 0 Å². The van der Waals surface area contributed by atoms with Crippen molar-refractivity contribution in [1.82, 2.24) is 4.90 Å².